The average Bonchev–Trinajstić information content (AvgIpc) is 3.12. The normalized spacial score (nSPS) is 11.0. The molecule has 5 aromatic rings. The summed E-state index contributed by atoms with van der Waals surface area (Å²) in [7, 11) is 2.70. The number of carbonyl (C=O) groups excluding carboxylic acids is 2. The van der Waals surface area contributed by atoms with E-state index in [1.54, 1.807) is 12.2 Å². The molecule has 5 aromatic carbocycles. The summed E-state index contributed by atoms with van der Waals surface area (Å²) in [6, 6.07) is 40.3. The molecule has 0 unspecified atom stereocenters. The fourth-order valence-electron chi connectivity index (χ4n) is 4.68. The lowest BCUT2D eigenvalue weighted by molar-refractivity contribution is -0.135. The molecule has 6 nitrogen and oxygen atoms in total. The Bertz CT molecular complexity index is 1700. The lowest BCUT2D eigenvalue weighted by Crippen LogP contribution is -1.96. The minimum absolute atomic E-state index is 0.399. The lowest BCUT2D eigenvalue weighted by Gasteiger charge is -2.10. The molecule has 0 heterocycles. The Morgan fingerprint density at radius 3 is 1.33 bits per heavy atom. The number of benzene rings is 5. The molecule has 6 heteroatoms. The van der Waals surface area contributed by atoms with Crippen molar-refractivity contribution in [1.82, 2.24) is 0 Å². The monoisotopic (exact) mass is 610 g/mol. The van der Waals surface area contributed by atoms with Gasteiger partial charge in [-0.2, -0.15) is 0 Å². The van der Waals surface area contributed by atoms with Crippen LogP contribution < -0.4 is 9.47 Å². The van der Waals surface area contributed by atoms with Gasteiger partial charge in [0.1, 0.15) is 24.7 Å². The molecule has 0 amide bonds. The van der Waals surface area contributed by atoms with E-state index in [0.717, 1.165) is 56.0 Å². The third kappa shape index (κ3) is 9.07. The topological polar surface area (TPSA) is 71.1 Å². The van der Waals surface area contributed by atoms with Crippen LogP contribution >= 0.6 is 0 Å². The maximum atomic E-state index is 11.4. The summed E-state index contributed by atoms with van der Waals surface area (Å²) in [4.78, 5) is 22.7. The van der Waals surface area contributed by atoms with Gasteiger partial charge in [-0.1, -0.05) is 91.0 Å². The summed E-state index contributed by atoms with van der Waals surface area (Å²) in [6.45, 7) is 0.858. The maximum Gasteiger partial charge on any atom is 0.330 e. The van der Waals surface area contributed by atoms with E-state index < -0.39 is 11.9 Å². The summed E-state index contributed by atoms with van der Waals surface area (Å²) in [5, 5.41) is 0. The second-order valence-electron chi connectivity index (χ2n) is 10.4. The number of ether oxygens (including phenoxy) is 4. The molecule has 5 rings (SSSR count). The van der Waals surface area contributed by atoms with Crippen LogP contribution in [0.2, 0.25) is 0 Å². The minimum atomic E-state index is -0.399. The highest BCUT2D eigenvalue weighted by Crippen LogP contribution is 2.28. The van der Waals surface area contributed by atoms with Crippen LogP contribution in [0.15, 0.2) is 133 Å². The van der Waals surface area contributed by atoms with Crippen molar-refractivity contribution in [3.05, 3.63) is 156 Å². The molecule has 0 aliphatic heterocycles. The van der Waals surface area contributed by atoms with Gasteiger partial charge in [-0.05, 0) is 87.0 Å². The third-order valence-corrected chi connectivity index (χ3v) is 7.19. The summed E-state index contributed by atoms with van der Waals surface area (Å²) in [6.07, 6.45) is 6.16. The fourth-order valence-corrected chi connectivity index (χ4v) is 4.68. The van der Waals surface area contributed by atoms with Crippen molar-refractivity contribution in [2.45, 2.75) is 13.2 Å². The minimum Gasteiger partial charge on any atom is -0.489 e. The van der Waals surface area contributed by atoms with E-state index in [-0.39, 0.29) is 0 Å². The van der Waals surface area contributed by atoms with Gasteiger partial charge in [0.05, 0.1) is 14.2 Å². The Morgan fingerprint density at radius 2 is 0.913 bits per heavy atom. The molecule has 46 heavy (non-hydrogen) atoms. The van der Waals surface area contributed by atoms with Gasteiger partial charge in [-0.25, -0.2) is 9.59 Å². The summed E-state index contributed by atoms with van der Waals surface area (Å²) in [5.74, 6) is 0.647. The van der Waals surface area contributed by atoms with Gasteiger partial charge in [-0.15, -0.1) is 0 Å². The molecule has 0 bridgehead atoms. The third-order valence-electron chi connectivity index (χ3n) is 7.19. The van der Waals surface area contributed by atoms with Crippen molar-refractivity contribution in [1.29, 1.82) is 0 Å². The molecular formula is C40H34O6. The number of carbonyl (C=O) groups is 2. The van der Waals surface area contributed by atoms with Gasteiger partial charge in [0.15, 0.2) is 0 Å². The van der Waals surface area contributed by atoms with Gasteiger partial charge in [0.2, 0.25) is 0 Å². The number of hydrogen-bond donors (Lipinski definition) is 0. The average molecular weight is 611 g/mol. The molecule has 0 spiro atoms. The lowest BCUT2D eigenvalue weighted by atomic mass is 9.98. The second kappa shape index (κ2) is 15.7. The first-order valence-corrected chi connectivity index (χ1v) is 14.8. The quantitative estimate of drug-likeness (QED) is 0.104. The molecule has 0 atom stereocenters. The summed E-state index contributed by atoms with van der Waals surface area (Å²) in [5.41, 5.74) is 8.32. The first-order chi connectivity index (χ1) is 22.5. The van der Waals surface area contributed by atoms with E-state index in [0.29, 0.717) is 13.2 Å². The predicted molar refractivity (Wildman–Crippen MR) is 181 cm³/mol. The Kier molecular flexibility index (Phi) is 10.8. The highest BCUT2D eigenvalue weighted by atomic mass is 16.5. The molecular weight excluding hydrogens is 576 g/mol. The number of esters is 2. The highest BCUT2D eigenvalue weighted by Gasteiger charge is 2.05. The first kappa shape index (κ1) is 31.5. The largest absolute Gasteiger partial charge is 0.489 e. The molecule has 0 saturated carbocycles. The van der Waals surface area contributed by atoms with E-state index in [4.69, 9.17) is 9.47 Å². The van der Waals surface area contributed by atoms with Crippen molar-refractivity contribution >= 4 is 24.1 Å². The van der Waals surface area contributed by atoms with E-state index >= 15 is 0 Å². The van der Waals surface area contributed by atoms with E-state index in [9.17, 15) is 9.59 Å². The van der Waals surface area contributed by atoms with Gasteiger partial charge < -0.3 is 18.9 Å². The van der Waals surface area contributed by atoms with Crippen LogP contribution in [0, 0.1) is 0 Å². The van der Waals surface area contributed by atoms with Gasteiger partial charge in [0.25, 0.3) is 0 Å². The zero-order valence-electron chi connectivity index (χ0n) is 25.7. The van der Waals surface area contributed by atoms with E-state index in [1.807, 2.05) is 48.5 Å². The smallest absolute Gasteiger partial charge is 0.330 e. The summed E-state index contributed by atoms with van der Waals surface area (Å²) >= 11 is 0. The maximum absolute atomic E-state index is 11.4. The Morgan fingerprint density at radius 1 is 0.500 bits per heavy atom. The van der Waals surface area contributed by atoms with Crippen LogP contribution in [0.5, 0.6) is 11.5 Å². The number of methoxy groups -OCH3 is 2. The number of rotatable bonds is 12. The fraction of sp³-hybridized carbons (Fsp3) is 0.100. The summed E-state index contributed by atoms with van der Waals surface area (Å²) < 4.78 is 21.3. The standard InChI is InChI=1S/C40H34O6/c1-43-39(41)22-16-29-6-3-10-37(24-29)45-27-31-12-18-33(19-13-31)35-8-5-9-36(26-35)34-20-14-32(15-21-34)28-46-38-11-4-7-30(25-38)17-23-40(42)44-2/h3-26H,27-28H2,1-2H3/b22-16+,23-17+. The van der Waals surface area contributed by atoms with E-state index in [1.165, 1.54) is 26.4 Å². The predicted octanol–water partition coefficient (Wildman–Crippen LogP) is 8.55. The number of hydrogen-bond acceptors (Lipinski definition) is 6. The van der Waals surface area contributed by atoms with Gasteiger partial charge in [0, 0.05) is 12.2 Å². The van der Waals surface area contributed by atoms with Crippen LogP contribution in [-0.4, -0.2) is 26.2 Å². The molecule has 0 fully saturated rings. The van der Waals surface area contributed by atoms with Crippen LogP contribution in [0.3, 0.4) is 0 Å². The molecule has 230 valence electrons. The van der Waals surface area contributed by atoms with Crippen molar-refractivity contribution in [3.8, 4) is 33.8 Å². The van der Waals surface area contributed by atoms with Gasteiger partial charge >= 0.3 is 11.9 Å². The van der Waals surface area contributed by atoms with Gasteiger partial charge in [-0.3, -0.25) is 0 Å². The van der Waals surface area contributed by atoms with Crippen molar-refractivity contribution in [3.63, 3.8) is 0 Å². The zero-order chi connectivity index (χ0) is 32.1. The Hall–Kier alpha value is -5.88. The molecule has 0 aromatic heterocycles. The van der Waals surface area contributed by atoms with Crippen LogP contribution in [0.4, 0.5) is 0 Å². The van der Waals surface area contributed by atoms with Crippen molar-refractivity contribution in [2.75, 3.05) is 14.2 Å². The molecule has 0 aliphatic carbocycles. The van der Waals surface area contributed by atoms with Crippen molar-refractivity contribution < 1.29 is 28.5 Å². The molecule has 0 N–H and O–H groups in total. The molecule has 0 saturated heterocycles. The van der Waals surface area contributed by atoms with Crippen LogP contribution in [0.1, 0.15) is 22.3 Å². The highest BCUT2D eigenvalue weighted by molar-refractivity contribution is 5.87. The zero-order valence-corrected chi connectivity index (χ0v) is 25.7. The SMILES string of the molecule is COC(=O)/C=C/c1cccc(OCc2ccc(-c3cccc(-c4ccc(COc5cccc(/C=C/C(=O)OC)c5)cc4)c3)cc2)c1. The second-order valence-corrected chi connectivity index (χ2v) is 10.4. The van der Waals surface area contributed by atoms with E-state index in [2.05, 4.69) is 82.3 Å². The molecule has 0 radical (unpaired) electrons. The van der Waals surface area contributed by atoms with Crippen molar-refractivity contribution in [2.24, 2.45) is 0 Å². The van der Waals surface area contributed by atoms with Crippen LogP contribution in [0.25, 0.3) is 34.4 Å². The van der Waals surface area contributed by atoms with Crippen LogP contribution in [-0.2, 0) is 32.3 Å². The Balaban J connectivity index is 1.17. The molecule has 0 aliphatic rings. The Labute approximate surface area is 269 Å². The first-order valence-electron chi connectivity index (χ1n) is 14.8.